The summed E-state index contributed by atoms with van der Waals surface area (Å²) in [7, 11) is 0. The highest BCUT2D eigenvalue weighted by molar-refractivity contribution is 6.34. The molecular weight excluding hydrogens is 266 g/mol. The van der Waals surface area contributed by atoms with Crippen molar-refractivity contribution in [3.8, 4) is 0 Å². The lowest BCUT2D eigenvalue weighted by Crippen LogP contribution is -2.52. The van der Waals surface area contributed by atoms with Crippen molar-refractivity contribution in [2.24, 2.45) is 11.7 Å². The van der Waals surface area contributed by atoms with E-state index in [2.05, 4.69) is 0 Å². The standard InChI is InChI=1S/C14H16F2N2O2/c1-9-8-18(13(20)12(17)19)11(7-14(9,15)16)10-5-3-2-4-6-10/h2-6,9,11H,7-8H2,1H3,(H2,17,19)/t9-,11-/m1/s1. The topological polar surface area (TPSA) is 63.4 Å². The van der Waals surface area contributed by atoms with Gasteiger partial charge in [-0.2, -0.15) is 0 Å². The van der Waals surface area contributed by atoms with Gasteiger partial charge < -0.3 is 10.6 Å². The summed E-state index contributed by atoms with van der Waals surface area (Å²) in [5, 5.41) is 0. The summed E-state index contributed by atoms with van der Waals surface area (Å²) in [5.41, 5.74) is 5.58. The normalized spacial score (nSPS) is 25.2. The summed E-state index contributed by atoms with van der Waals surface area (Å²) in [5.74, 6) is -5.93. The number of benzene rings is 1. The largest absolute Gasteiger partial charge is 0.361 e. The molecule has 1 aromatic rings. The molecule has 0 saturated carbocycles. The van der Waals surface area contributed by atoms with Crippen molar-refractivity contribution in [1.82, 2.24) is 4.90 Å². The van der Waals surface area contributed by atoms with Crippen molar-refractivity contribution in [2.75, 3.05) is 6.54 Å². The van der Waals surface area contributed by atoms with E-state index in [1.54, 1.807) is 30.3 Å². The van der Waals surface area contributed by atoms with Crippen molar-refractivity contribution < 1.29 is 18.4 Å². The SMILES string of the molecule is C[C@@H]1CN(C(=O)C(N)=O)[C@@H](c2ccccc2)CC1(F)F. The van der Waals surface area contributed by atoms with Gasteiger partial charge in [-0.3, -0.25) is 9.59 Å². The average Bonchev–Trinajstić information content (AvgIpc) is 2.41. The number of rotatable bonds is 1. The average molecular weight is 282 g/mol. The Morgan fingerprint density at radius 1 is 1.30 bits per heavy atom. The third kappa shape index (κ3) is 2.64. The van der Waals surface area contributed by atoms with Gasteiger partial charge in [0.05, 0.1) is 6.04 Å². The summed E-state index contributed by atoms with van der Waals surface area (Å²) in [6, 6.07) is 7.67. The van der Waals surface area contributed by atoms with E-state index in [9.17, 15) is 18.4 Å². The van der Waals surface area contributed by atoms with Crippen LogP contribution >= 0.6 is 0 Å². The molecule has 1 aliphatic heterocycles. The Labute approximate surface area is 115 Å². The highest BCUT2D eigenvalue weighted by Crippen LogP contribution is 2.42. The first-order valence-electron chi connectivity index (χ1n) is 6.36. The maximum atomic E-state index is 13.9. The first-order chi connectivity index (χ1) is 9.33. The lowest BCUT2D eigenvalue weighted by molar-refractivity contribution is -0.159. The maximum Gasteiger partial charge on any atom is 0.312 e. The fraction of sp³-hybridized carbons (Fsp3) is 0.429. The van der Waals surface area contributed by atoms with Gasteiger partial charge in [-0.25, -0.2) is 8.78 Å². The van der Waals surface area contributed by atoms with E-state index >= 15 is 0 Å². The number of nitrogens with two attached hydrogens (primary N) is 1. The van der Waals surface area contributed by atoms with E-state index in [4.69, 9.17) is 5.73 Å². The Hall–Kier alpha value is -1.98. The predicted molar refractivity (Wildman–Crippen MR) is 68.8 cm³/mol. The van der Waals surface area contributed by atoms with Gasteiger partial charge in [-0.15, -0.1) is 0 Å². The smallest absolute Gasteiger partial charge is 0.312 e. The zero-order valence-corrected chi connectivity index (χ0v) is 11.1. The van der Waals surface area contributed by atoms with Crippen molar-refractivity contribution in [3.05, 3.63) is 35.9 Å². The number of nitrogens with zero attached hydrogens (tertiary/aromatic N) is 1. The highest BCUT2D eigenvalue weighted by Gasteiger charge is 2.48. The third-order valence-corrected chi connectivity index (χ3v) is 3.69. The number of alkyl halides is 2. The molecular formula is C14H16F2N2O2. The fourth-order valence-electron chi connectivity index (χ4n) is 2.46. The number of amides is 2. The molecule has 0 aliphatic carbocycles. The van der Waals surface area contributed by atoms with Crippen LogP contribution in [0, 0.1) is 5.92 Å². The molecule has 6 heteroatoms. The molecule has 1 saturated heterocycles. The predicted octanol–water partition coefficient (Wildman–Crippen LogP) is 1.72. The van der Waals surface area contributed by atoms with Crippen LogP contribution < -0.4 is 5.73 Å². The summed E-state index contributed by atoms with van der Waals surface area (Å²) in [6.45, 7) is 1.18. The van der Waals surface area contributed by atoms with Gasteiger partial charge >= 0.3 is 11.8 Å². The van der Waals surface area contributed by atoms with Gasteiger partial charge in [0.25, 0.3) is 5.92 Å². The quantitative estimate of drug-likeness (QED) is 0.797. The molecule has 0 unspecified atom stereocenters. The molecule has 1 heterocycles. The van der Waals surface area contributed by atoms with Crippen molar-refractivity contribution >= 4 is 11.8 Å². The molecule has 2 amide bonds. The van der Waals surface area contributed by atoms with E-state index in [-0.39, 0.29) is 6.54 Å². The Morgan fingerprint density at radius 3 is 2.45 bits per heavy atom. The molecule has 108 valence electrons. The minimum Gasteiger partial charge on any atom is -0.361 e. The van der Waals surface area contributed by atoms with Gasteiger partial charge in [0.1, 0.15) is 0 Å². The molecule has 4 nitrogen and oxygen atoms in total. The second-order valence-electron chi connectivity index (χ2n) is 5.11. The van der Waals surface area contributed by atoms with Gasteiger partial charge in [-0.1, -0.05) is 37.3 Å². The molecule has 2 atom stereocenters. The molecule has 0 spiro atoms. The Morgan fingerprint density at radius 2 is 1.90 bits per heavy atom. The number of carbonyl (C=O) groups is 2. The summed E-state index contributed by atoms with van der Waals surface area (Å²) in [6.07, 6.45) is -0.503. The highest BCUT2D eigenvalue weighted by atomic mass is 19.3. The summed E-state index contributed by atoms with van der Waals surface area (Å²) >= 11 is 0. The first-order valence-corrected chi connectivity index (χ1v) is 6.36. The number of likely N-dealkylation sites (tertiary alicyclic amines) is 1. The van der Waals surface area contributed by atoms with Gasteiger partial charge in [0.2, 0.25) is 0 Å². The van der Waals surface area contributed by atoms with E-state index < -0.39 is 36.1 Å². The van der Waals surface area contributed by atoms with Gasteiger partial charge in [0.15, 0.2) is 0 Å². The number of primary amides is 1. The minimum absolute atomic E-state index is 0.186. The number of hydrogen-bond acceptors (Lipinski definition) is 2. The fourth-order valence-corrected chi connectivity index (χ4v) is 2.46. The Bertz CT molecular complexity index is 519. The lowest BCUT2D eigenvalue weighted by Gasteiger charge is -2.42. The van der Waals surface area contributed by atoms with Crippen LogP contribution in [0.4, 0.5) is 8.78 Å². The number of carbonyl (C=O) groups excluding carboxylic acids is 2. The van der Waals surface area contributed by atoms with Crippen LogP contribution in [0.15, 0.2) is 30.3 Å². The second-order valence-corrected chi connectivity index (χ2v) is 5.11. The molecule has 0 radical (unpaired) electrons. The van der Waals surface area contributed by atoms with Crippen LogP contribution in [0.1, 0.15) is 24.9 Å². The lowest BCUT2D eigenvalue weighted by atomic mass is 9.86. The molecule has 20 heavy (non-hydrogen) atoms. The maximum absolute atomic E-state index is 13.9. The van der Waals surface area contributed by atoms with Crippen LogP contribution in [0.25, 0.3) is 0 Å². The van der Waals surface area contributed by atoms with Crippen LogP contribution in [-0.4, -0.2) is 29.2 Å². The van der Waals surface area contributed by atoms with Crippen molar-refractivity contribution in [1.29, 1.82) is 0 Å². The van der Waals surface area contributed by atoms with E-state index in [1.165, 1.54) is 6.92 Å². The van der Waals surface area contributed by atoms with E-state index in [0.717, 1.165) is 4.90 Å². The third-order valence-electron chi connectivity index (χ3n) is 3.69. The van der Waals surface area contributed by atoms with E-state index in [1.807, 2.05) is 0 Å². The summed E-state index contributed by atoms with van der Waals surface area (Å²) in [4.78, 5) is 24.1. The van der Waals surface area contributed by atoms with Gasteiger partial charge in [-0.05, 0) is 5.56 Å². The molecule has 2 N–H and O–H groups in total. The number of piperidine rings is 1. The van der Waals surface area contributed by atoms with Crippen LogP contribution in [-0.2, 0) is 9.59 Å². The molecule has 1 aliphatic rings. The van der Waals surface area contributed by atoms with Crippen LogP contribution in [0.5, 0.6) is 0 Å². The zero-order valence-electron chi connectivity index (χ0n) is 11.1. The first kappa shape index (κ1) is 14.4. The molecule has 0 bridgehead atoms. The monoisotopic (exact) mass is 282 g/mol. The Kier molecular flexibility index (Phi) is 3.74. The summed E-state index contributed by atoms with van der Waals surface area (Å²) < 4.78 is 27.8. The van der Waals surface area contributed by atoms with Crippen LogP contribution in [0.3, 0.4) is 0 Å². The number of hydrogen-bond donors (Lipinski definition) is 1. The number of halogens is 2. The minimum atomic E-state index is -2.88. The second kappa shape index (κ2) is 5.19. The van der Waals surface area contributed by atoms with Crippen molar-refractivity contribution in [2.45, 2.75) is 25.3 Å². The van der Waals surface area contributed by atoms with E-state index in [0.29, 0.717) is 5.56 Å². The molecule has 1 fully saturated rings. The van der Waals surface area contributed by atoms with Gasteiger partial charge in [0, 0.05) is 18.9 Å². The van der Waals surface area contributed by atoms with Crippen molar-refractivity contribution in [3.63, 3.8) is 0 Å². The zero-order chi connectivity index (χ0) is 14.9. The molecule has 2 rings (SSSR count). The Balaban J connectivity index is 2.37. The molecule has 1 aromatic carbocycles. The van der Waals surface area contributed by atoms with Crippen LogP contribution in [0.2, 0.25) is 0 Å². The molecule has 0 aromatic heterocycles.